The Morgan fingerprint density at radius 3 is 2.85 bits per heavy atom. The van der Waals surface area contributed by atoms with Gasteiger partial charge >= 0.3 is 0 Å². The van der Waals surface area contributed by atoms with Crippen molar-refractivity contribution in [2.45, 2.75) is 25.3 Å². The number of rotatable bonds is 3. The molecule has 2 aliphatic rings. The van der Waals surface area contributed by atoms with E-state index in [0.717, 1.165) is 67.7 Å². The second-order valence-corrected chi connectivity index (χ2v) is 7.28. The van der Waals surface area contributed by atoms with Crippen LogP contribution in [0.1, 0.15) is 31.1 Å². The van der Waals surface area contributed by atoms with Gasteiger partial charge in [0.25, 0.3) is 0 Å². The number of nitrogens with two attached hydrogens (primary N) is 1. The Hall–Kier alpha value is -2.64. The van der Waals surface area contributed by atoms with Gasteiger partial charge < -0.3 is 20.8 Å². The van der Waals surface area contributed by atoms with E-state index >= 15 is 0 Å². The van der Waals surface area contributed by atoms with Gasteiger partial charge in [0.1, 0.15) is 5.76 Å². The number of nitrogens with one attached hydrogen (secondary N) is 2. The Morgan fingerprint density at radius 2 is 2.04 bits per heavy atom. The lowest BCUT2D eigenvalue weighted by molar-refractivity contribution is 0.343. The van der Waals surface area contributed by atoms with Crippen LogP contribution in [0.4, 0.5) is 5.82 Å². The molecule has 2 aliphatic heterocycles. The fourth-order valence-corrected chi connectivity index (χ4v) is 4.03. The third-order valence-corrected chi connectivity index (χ3v) is 5.56. The molecule has 3 aromatic heterocycles. The highest BCUT2D eigenvalue weighted by Crippen LogP contribution is 2.36. The Morgan fingerprint density at radius 1 is 1.15 bits per heavy atom. The SMILES string of the molecule is Nc1ncc(-c2cnn(C3CCNCC3)c2)c2cc(C3=CCNCC3)oc12. The third-order valence-electron chi connectivity index (χ3n) is 5.56. The van der Waals surface area contributed by atoms with Crippen molar-refractivity contribution in [1.82, 2.24) is 25.4 Å². The van der Waals surface area contributed by atoms with E-state index in [4.69, 9.17) is 10.2 Å². The summed E-state index contributed by atoms with van der Waals surface area (Å²) in [7, 11) is 0. The number of fused-ring (bicyclic) bond motifs is 1. The molecule has 0 amide bonds. The fourth-order valence-electron chi connectivity index (χ4n) is 4.03. The van der Waals surface area contributed by atoms with Crippen LogP contribution in [0.3, 0.4) is 0 Å². The standard InChI is InChI=1S/C20H24N6O/c21-20-19-16(9-18(27-19)13-1-5-22-6-2-13)17(11-24-20)14-10-25-26(12-14)15-3-7-23-8-4-15/h1,9-12,15,22-23H,2-8H2,(H2,21,24). The van der Waals surface area contributed by atoms with Gasteiger partial charge in [0, 0.05) is 35.5 Å². The lowest BCUT2D eigenvalue weighted by Gasteiger charge is -2.22. The summed E-state index contributed by atoms with van der Waals surface area (Å²) in [6.45, 7) is 3.92. The predicted octanol–water partition coefficient (Wildman–Crippen LogP) is 2.57. The number of hydrogen-bond donors (Lipinski definition) is 3. The summed E-state index contributed by atoms with van der Waals surface area (Å²) in [6, 6.07) is 2.55. The number of aromatic nitrogens is 3. The smallest absolute Gasteiger partial charge is 0.177 e. The number of piperidine rings is 1. The van der Waals surface area contributed by atoms with Crippen LogP contribution in [0, 0.1) is 0 Å². The molecule has 5 rings (SSSR count). The summed E-state index contributed by atoms with van der Waals surface area (Å²) in [6.07, 6.45) is 11.2. The van der Waals surface area contributed by atoms with Crippen molar-refractivity contribution >= 4 is 22.4 Å². The van der Waals surface area contributed by atoms with E-state index in [-0.39, 0.29) is 0 Å². The highest BCUT2D eigenvalue weighted by Gasteiger charge is 2.19. The molecule has 0 aromatic carbocycles. The maximum Gasteiger partial charge on any atom is 0.177 e. The van der Waals surface area contributed by atoms with Crippen LogP contribution in [0.15, 0.2) is 35.2 Å². The minimum Gasteiger partial charge on any atom is -0.453 e. The van der Waals surface area contributed by atoms with Crippen molar-refractivity contribution in [2.75, 3.05) is 31.9 Å². The molecule has 5 heterocycles. The molecule has 3 aromatic rings. The molecule has 1 fully saturated rings. The van der Waals surface area contributed by atoms with Crippen LogP contribution in [0.2, 0.25) is 0 Å². The molecule has 7 nitrogen and oxygen atoms in total. The van der Waals surface area contributed by atoms with E-state index in [2.05, 4.69) is 43.7 Å². The highest BCUT2D eigenvalue weighted by atomic mass is 16.3. The van der Waals surface area contributed by atoms with Gasteiger partial charge in [0.2, 0.25) is 0 Å². The first kappa shape index (κ1) is 16.5. The van der Waals surface area contributed by atoms with Gasteiger partial charge in [0.15, 0.2) is 11.4 Å². The van der Waals surface area contributed by atoms with Crippen molar-refractivity contribution in [3.8, 4) is 11.1 Å². The average molecular weight is 364 g/mol. The molecule has 0 unspecified atom stereocenters. The monoisotopic (exact) mass is 364 g/mol. The van der Waals surface area contributed by atoms with Crippen molar-refractivity contribution < 1.29 is 4.42 Å². The third kappa shape index (κ3) is 3.02. The van der Waals surface area contributed by atoms with Crippen LogP contribution in [0.5, 0.6) is 0 Å². The maximum absolute atomic E-state index is 6.10. The van der Waals surface area contributed by atoms with Crippen LogP contribution in [-0.4, -0.2) is 40.9 Å². The van der Waals surface area contributed by atoms with Crippen molar-refractivity contribution in [3.05, 3.63) is 36.5 Å². The zero-order valence-corrected chi connectivity index (χ0v) is 15.2. The van der Waals surface area contributed by atoms with E-state index < -0.39 is 0 Å². The molecule has 1 saturated heterocycles. The lowest BCUT2D eigenvalue weighted by atomic mass is 10.0. The molecule has 27 heavy (non-hydrogen) atoms. The second kappa shape index (κ2) is 6.83. The van der Waals surface area contributed by atoms with Gasteiger partial charge in [-0.3, -0.25) is 4.68 Å². The Balaban J connectivity index is 1.55. The van der Waals surface area contributed by atoms with Crippen molar-refractivity contribution in [1.29, 1.82) is 0 Å². The quantitative estimate of drug-likeness (QED) is 0.661. The van der Waals surface area contributed by atoms with Gasteiger partial charge in [-0.15, -0.1) is 0 Å². The molecule has 0 saturated carbocycles. The van der Waals surface area contributed by atoms with Gasteiger partial charge in [-0.25, -0.2) is 4.98 Å². The first-order valence-corrected chi connectivity index (χ1v) is 9.63. The molecule has 0 bridgehead atoms. The molecular formula is C20H24N6O. The maximum atomic E-state index is 6.10. The van der Waals surface area contributed by atoms with E-state index in [1.54, 1.807) is 0 Å². The number of anilines is 1. The van der Waals surface area contributed by atoms with Gasteiger partial charge in [-0.2, -0.15) is 5.10 Å². The minimum atomic E-state index is 0.431. The lowest BCUT2D eigenvalue weighted by Crippen LogP contribution is -2.29. The Labute approximate surface area is 157 Å². The number of hydrogen-bond acceptors (Lipinski definition) is 6. The zero-order valence-electron chi connectivity index (χ0n) is 15.2. The molecule has 140 valence electrons. The molecule has 7 heteroatoms. The van der Waals surface area contributed by atoms with Crippen LogP contribution in [0.25, 0.3) is 27.7 Å². The largest absolute Gasteiger partial charge is 0.453 e. The van der Waals surface area contributed by atoms with Crippen molar-refractivity contribution in [2.24, 2.45) is 0 Å². The number of furan rings is 1. The molecule has 0 radical (unpaired) electrons. The summed E-state index contributed by atoms with van der Waals surface area (Å²) in [5.74, 6) is 1.32. The molecule has 0 atom stereocenters. The fraction of sp³-hybridized carbons (Fsp3) is 0.400. The Bertz CT molecular complexity index is 995. The van der Waals surface area contributed by atoms with Crippen molar-refractivity contribution in [3.63, 3.8) is 0 Å². The average Bonchev–Trinajstić information content (AvgIpc) is 3.38. The number of nitrogen functional groups attached to an aromatic ring is 1. The van der Waals surface area contributed by atoms with E-state index in [1.165, 1.54) is 5.57 Å². The van der Waals surface area contributed by atoms with Crippen LogP contribution < -0.4 is 16.4 Å². The summed E-state index contributed by atoms with van der Waals surface area (Å²) in [5.41, 5.74) is 10.1. The molecule has 4 N–H and O–H groups in total. The first-order chi connectivity index (χ1) is 13.3. The van der Waals surface area contributed by atoms with Gasteiger partial charge in [-0.1, -0.05) is 6.08 Å². The number of nitrogens with zero attached hydrogens (tertiary/aromatic N) is 3. The molecule has 0 aliphatic carbocycles. The zero-order chi connectivity index (χ0) is 18.2. The van der Waals surface area contributed by atoms with Gasteiger partial charge in [-0.05, 0) is 50.5 Å². The summed E-state index contributed by atoms with van der Waals surface area (Å²) >= 11 is 0. The highest BCUT2D eigenvalue weighted by molar-refractivity contribution is 5.99. The number of pyridine rings is 1. The molecular weight excluding hydrogens is 340 g/mol. The second-order valence-electron chi connectivity index (χ2n) is 7.28. The van der Waals surface area contributed by atoms with Gasteiger partial charge in [0.05, 0.1) is 12.2 Å². The summed E-state index contributed by atoms with van der Waals surface area (Å²) < 4.78 is 8.20. The normalized spacial score (nSPS) is 18.7. The Kier molecular flexibility index (Phi) is 4.18. The first-order valence-electron chi connectivity index (χ1n) is 9.63. The van der Waals surface area contributed by atoms with Crippen LogP contribution in [-0.2, 0) is 0 Å². The van der Waals surface area contributed by atoms with E-state index in [0.29, 0.717) is 17.4 Å². The van der Waals surface area contributed by atoms with E-state index in [1.807, 2.05) is 12.4 Å². The summed E-state index contributed by atoms with van der Waals surface area (Å²) in [4.78, 5) is 4.37. The van der Waals surface area contributed by atoms with E-state index in [9.17, 15) is 0 Å². The predicted molar refractivity (Wildman–Crippen MR) is 106 cm³/mol. The minimum absolute atomic E-state index is 0.431. The molecule has 0 spiro atoms. The summed E-state index contributed by atoms with van der Waals surface area (Å²) in [5, 5.41) is 12.4. The topological polar surface area (TPSA) is 93.9 Å². The van der Waals surface area contributed by atoms with Crippen LogP contribution >= 0.6 is 0 Å².